The summed E-state index contributed by atoms with van der Waals surface area (Å²) >= 11 is 0. The maximum Gasteiger partial charge on any atom is 0.381 e. The molecule has 0 saturated heterocycles. The zero-order valence-electron chi connectivity index (χ0n) is 9.02. The van der Waals surface area contributed by atoms with E-state index in [0.29, 0.717) is 6.42 Å². The molecule has 0 heterocycles. The second-order valence-electron chi connectivity index (χ2n) is 3.31. The van der Waals surface area contributed by atoms with Crippen molar-refractivity contribution < 1.29 is 9.90 Å². The van der Waals surface area contributed by atoms with Gasteiger partial charge in [0, 0.05) is 12.3 Å². The van der Waals surface area contributed by atoms with E-state index in [2.05, 4.69) is 24.0 Å². The zero-order chi connectivity index (χ0) is 11.6. The fourth-order valence-electron chi connectivity index (χ4n) is 1.23. The summed E-state index contributed by atoms with van der Waals surface area (Å²) in [7, 11) is 0. The summed E-state index contributed by atoms with van der Waals surface area (Å²) in [4.78, 5) is 10.1. The molecule has 82 valence electrons. The number of hydrogen-bond donors (Lipinski definition) is 1. The molecule has 0 unspecified atom stereocenters. The Hall–Kier alpha value is -2.01. The number of benzene rings is 1. The first-order valence-electron chi connectivity index (χ1n) is 5.22. The number of carbonyl (C=O) groups is 1. The molecular weight excluding hydrogens is 200 g/mol. The maximum absolute atomic E-state index is 10.1. The van der Waals surface area contributed by atoms with Crippen molar-refractivity contribution in [2.24, 2.45) is 0 Å². The molecule has 0 spiro atoms. The smallest absolute Gasteiger partial charge is 0.381 e. The average Bonchev–Trinajstić information content (AvgIpc) is 2.29. The van der Waals surface area contributed by atoms with Crippen LogP contribution in [0.25, 0.3) is 6.08 Å². The topological polar surface area (TPSA) is 37.3 Å². The zero-order valence-corrected chi connectivity index (χ0v) is 9.02. The molecule has 0 amide bonds. The van der Waals surface area contributed by atoms with E-state index < -0.39 is 5.97 Å². The first-order valence-corrected chi connectivity index (χ1v) is 5.22. The molecule has 0 atom stereocenters. The van der Waals surface area contributed by atoms with Crippen LogP contribution < -0.4 is 0 Å². The van der Waals surface area contributed by atoms with Crippen LogP contribution in [-0.2, 0) is 4.79 Å². The monoisotopic (exact) mass is 214 g/mol. The largest absolute Gasteiger partial charge is 0.472 e. The van der Waals surface area contributed by atoms with E-state index in [1.807, 2.05) is 30.3 Å². The second kappa shape index (κ2) is 7.30. The van der Waals surface area contributed by atoms with Gasteiger partial charge >= 0.3 is 5.97 Å². The summed E-state index contributed by atoms with van der Waals surface area (Å²) in [5, 5.41) is 8.28. The first-order chi connectivity index (χ1) is 7.79. The Morgan fingerprint density at radius 2 is 2.06 bits per heavy atom. The van der Waals surface area contributed by atoms with Gasteiger partial charge in [0.05, 0.1) is 0 Å². The minimum Gasteiger partial charge on any atom is -0.472 e. The summed E-state index contributed by atoms with van der Waals surface area (Å²) in [5.74, 6) is 3.64. The van der Waals surface area contributed by atoms with Gasteiger partial charge in [-0.15, -0.1) is 0 Å². The Kier molecular flexibility index (Phi) is 5.51. The molecule has 1 rings (SSSR count). The molecule has 0 aromatic heterocycles. The predicted octanol–water partition coefficient (Wildman–Crippen LogP) is 2.96. The average molecular weight is 214 g/mol. The van der Waals surface area contributed by atoms with Crippen LogP contribution in [0, 0.1) is 11.8 Å². The van der Waals surface area contributed by atoms with Crippen molar-refractivity contribution in [1.82, 2.24) is 0 Å². The minimum atomic E-state index is -1.06. The van der Waals surface area contributed by atoms with Gasteiger partial charge < -0.3 is 5.11 Å². The third kappa shape index (κ3) is 5.66. The van der Waals surface area contributed by atoms with Crippen LogP contribution in [0.3, 0.4) is 0 Å². The molecule has 1 aromatic rings. The molecule has 1 aromatic carbocycles. The number of aliphatic carboxylic acids is 1. The molecule has 0 radical (unpaired) electrons. The first kappa shape index (κ1) is 12.1. The molecule has 0 aliphatic carbocycles. The van der Waals surface area contributed by atoms with Gasteiger partial charge in [-0.05, 0) is 18.4 Å². The van der Waals surface area contributed by atoms with Gasteiger partial charge in [-0.3, -0.25) is 0 Å². The Balaban J connectivity index is 2.20. The molecule has 0 saturated carbocycles. The molecule has 1 N–H and O–H groups in total. The lowest BCUT2D eigenvalue weighted by Crippen LogP contribution is -1.86. The van der Waals surface area contributed by atoms with Gasteiger partial charge in [0.2, 0.25) is 0 Å². The molecule has 2 heteroatoms. The van der Waals surface area contributed by atoms with Gasteiger partial charge in [0.25, 0.3) is 0 Å². The summed E-state index contributed by atoms with van der Waals surface area (Å²) in [6.07, 6.45) is 6.58. The van der Waals surface area contributed by atoms with Crippen molar-refractivity contribution in [2.75, 3.05) is 0 Å². The van der Waals surface area contributed by atoms with Crippen LogP contribution in [-0.4, -0.2) is 11.1 Å². The SMILES string of the molecule is O=C(O)C#CCCC/C=C/c1ccccc1. The number of unbranched alkanes of at least 4 members (excludes halogenated alkanes) is 2. The fraction of sp³-hybridized carbons (Fsp3) is 0.214. The number of allylic oxidation sites excluding steroid dienone is 1. The molecule has 2 nitrogen and oxygen atoms in total. The van der Waals surface area contributed by atoms with E-state index in [9.17, 15) is 4.79 Å². The predicted molar refractivity (Wildman–Crippen MR) is 64.7 cm³/mol. The fourth-order valence-corrected chi connectivity index (χ4v) is 1.23. The highest BCUT2D eigenvalue weighted by atomic mass is 16.4. The van der Waals surface area contributed by atoms with Crippen molar-refractivity contribution in [1.29, 1.82) is 0 Å². The Morgan fingerprint density at radius 3 is 2.75 bits per heavy atom. The Bertz CT molecular complexity index is 407. The highest BCUT2D eigenvalue weighted by Crippen LogP contribution is 2.03. The minimum absolute atomic E-state index is 0.630. The van der Waals surface area contributed by atoms with Crippen LogP contribution >= 0.6 is 0 Å². The van der Waals surface area contributed by atoms with Gasteiger partial charge in [-0.1, -0.05) is 48.4 Å². The summed E-state index contributed by atoms with van der Waals surface area (Å²) in [5.41, 5.74) is 1.18. The van der Waals surface area contributed by atoms with E-state index in [-0.39, 0.29) is 0 Å². The molecule has 0 fully saturated rings. The third-order valence-electron chi connectivity index (χ3n) is 1.98. The Morgan fingerprint density at radius 1 is 1.31 bits per heavy atom. The van der Waals surface area contributed by atoms with Gasteiger partial charge in [-0.2, -0.15) is 0 Å². The quantitative estimate of drug-likeness (QED) is 0.618. The van der Waals surface area contributed by atoms with E-state index in [4.69, 9.17) is 5.11 Å². The van der Waals surface area contributed by atoms with Crippen LogP contribution in [0.2, 0.25) is 0 Å². The lowest BCUT2D eigenvalue weighted by molar-refractivity contribution is -0.130. The molecule has 0 bridgehead atoms. The third-order valence-corrected chi connectivity index (χ3v) is 1.98. The Labute approximate surface area is 95.6 Å². The highest BCUT2D eigenvalue weighted by molar-refractivity contribution is 5.86. The van der Waals surface area contributed by atoms with E-state index in [1.165, 1.54) is 5.56 Å². The van der Waals surface area contributed by atoms with E-state index in [1.54, 1.807) is 0 Å². The van der Waals surface area contributed by atoms with Crippen LogP contribution in [0.4, 0.5) is 0 Å². The molecular formula is C14H14O2. The van der Waals surface area contributed by atoms with Crippen LogP contribution in [0.15, 0.2) is 36.4 Å². The summed E-state index contributed by atoms with van der Waals surface area (Å²) < 4.78 is 0. The van der Waals surface area contributed by atoms with Crippen molar-refractivity contribution in [3.05, 3.63) is 42.0 Å². The lowest BCUT2D eigenvalue weighted by Gasteiger charge is -1.91. The van der Waals surface area contributed by atoms with E-state index in [0.717, 1.165) is 12.8 Å². The molecule has 0 aliphatic rings. The molecule has 0 aliphatic heterocycles. The van der Waals surface area contributed by atoms with Crippen LogP contribution in [0.5, 0.6) is 0 Å². The maximum atomic E-state index is 10.1. The van der Waals surface area contributed by atoms with Crippen molar-refractivity contribution in [2.45, 2.75) is 19.3 Å². The van der Waals surface area contributed by atoms with Crippen molar-refractivity contribution in [3.63, 3.8) is 0 Å². The van der Waals surface area contributed by atoms with Crippen molar-refractivity contribution in [3.8, 4) is 11.8 Å². The standard InChI is InChI=1S/C14H14O2/c15-14(16)12-8-3-1-2-5-9-13-10-6-4-7-11-13/h4-7,9-11H,1-3H2,(H,15,16)/b9-5+. The van der Waals surface area contributed by atoms with Crippen molar-refractivity contribution >= 4 is 12.0 Å². The van der Waals surface area contributed by atoms with Crippen LogP contribution in [0.1, 0.15) is 24.8 Å². The lowest BCUT2D eigenvalue weighted by atomic mass is 10.1. The second-order valence-corrected chi connectivity index (χ2v) is 3.31. The summed E-state index contributed by atoms with van der Waals surface area (Å²) in [6, 6.07) is 10.1. The molecule has 16 heavy (non-hydrogen) atoms. The number of rotatable bonds is 4. The highest BCUT2D eigenvalue weighted by Gasteiger charge is 1.85. The van der Waals surface area contributed by atoms with E-state index >= 15 is 0 Å². The summed E-state index contributed by atoms with van der Waals surface area (Å²) in [6.45, 7) is 0. The number of carboxylic acid groups (broad SMARTS) is 1. The van der Waals surface area contributed by atoms with Gasteiger partial charge in [-0.25, -0.2) is 4.79 Å². The van der Waals surface area contributed by atoms with Gasteiger partial charge in [0.15, 0.2) is 0 Å². The van der Waals surface area contributed by atoms with Gasteiger partial charge in [0.1, 0.15) is 0 Å². The number of hydrogen-bond acceptors (Lipinski definition) is 1. The normalized spacial score (nSPS) is 9.75. The number of carboxylic acids is 1.